The number of carbonyl (C=O) groups is 3. The highest BCUT2D eigenvalue weighted by molar-refractivity contribution is 7.12. The van der Waals surface area contributed by atoms with Gasteiger partial charge in [-0.3, -0.25) is 14.4 Å². The minimum absolute atomic E-state index is 0.00143. The van der Waals surface area contributed by atoms with Crippen LogP contribution in [0, 0.1) is 5.92 Å². The number of hydrogen-bond donors (Lipinski definition) is 0. The Labute approximate surface area is 240 Å². The Morgan fingerprint density at radius 2 is 1.72 bits per heavy atom. The molecule has 1 saturated carbocycles. The van der Waals surface area contributed by atoms with E-state index in [0.29, 0.717) is 14.9 Å². The summed E-state index contributed by atoms with van der Waals surface area (Å²) in [6.45, 7) is -0.449. The SMILES string of the molecule is O=C(CCC(=O)c1cccs1)OCC(=O)N1N=C2C(=Cc3ccc(Cl)cc3)CCCC2C1c1ccc(Cl)cc1. The van der Waals surface area contributed by atoms with Crippen LogP contribution in [-0.4, -0.2) is 35.0 Å². The van der Waals surface area contributed by atoms with E-state index in [1.54, 1.807) is 24.3 Å². The highest BCUT2D eigenvalue weighted by Gasteiger charge is 2.43. The number of ketones is 1. The van der Waals surface area contributed by atoms with Gasteiger partial charge in [-0.25, -0.2) is 5.01 Å². The number of carbonyl (C=O) groups excluding carboxylic acids is 3. The van der Waals surface area contributed by atoms with Crippen molar-refractivity contribution >= 4 is 64.0 Å². The molecular formula is C30H26Cl2N2O4S. The first-order valence-electron chi connectivity index (χ1n) is 12.7. The van der Waals surface area contributed by atoms with Crippen molar-refractivity contribution in [2.24, 2.45) is 11.0 Å². The molecule has 0 N–H and O–H groups in total. The lowest BCUT2D eigenvalue weighted by Gasteiger charge is -2.29. The Morgan fingerprint density at radius 3 is 2.41 bits per heavy atom. The summed E-state index contributed by atoms with van der Waals surface area (Å²) in [6.07, 6.45) is 4.73. The molecule has 39 heavy (non-hydrogen) atoms. The summed E-state index contributed by atoms with van der Waals surface area (Å²) in [5.41, 5.74) is 3.87. The molecule has 2 unspecified atom stereocenters. The van der Waals surface area contributed by atoms with Gasteiger partial charge in [0.15, 0.2) is 12.4 Å². The third-order valence-electron chi connectivity index (χ3n) is 6.89. The summed E-state index contributed by atoms with van der Waals surface area (Å²) >= 11 is 13.5. The van der Waals surface area contributed by atoms with E-state index in [2.05, 4.69) is 6.08 Å². The zero-order valence-electron chi connectivity index (χ0n) is 21.0. The van der Waals surface area contributed by atoms with Gasteiger partial charge in [-0.2, -0.15) is 5.10 Å². The molecule has 1 aliphatic heterocycles. The number of ether oxygens (including phenoxy) is 1. The molecular weight excluding hydrogens is 555 g/mol. The standard InChI is InChI=1S/C30H26Cl2N2O4S/c31-22-10-6-19(7-11-22)17-21-3-1-4-24-29(21)33-34(30(24)20-8-12-23(32)13-9-20)27(36)18-38-28(37)15-14-25(35)26-5-2-16-39-26/h2,5-13,16-17,24,30H,1,3-4,14-15,18H2. The fraction of sp³-hybridized carbons (Fsp3) is 0.267. The number of allylic oxidation sites excluding steroid dienone is 1. The molecule has 0 bridgehead atoms. The van der Waals surface area contributed by atoms with Crippen molar-refractivity contribution in [1.29, 1.82) is 0 Å². The predicted octanol–water partition coefficient (Wildman–Crippen LogP) is 7.38. The van der Waals surface area contributed by atoms with Crippen molar-refractivity contribution in [2.45, 2.75) is 38.1 Å². The van der Waals surface area contributed by atoms with Crippen molar-refractivity contribution < 1.29 is 19.1 Å². The van der Waals surface area contributed by atoms with E-state index < -0.39 is 18.5 Å². The maximum atomic E-state index is 13.4. The van der Waals surface area contributed by atoms with Crippen LogP contribution >= 0.6 is 34.5 Å². The number of esters is 1. The number of benzene rings is 2. The Bertz CT molecular complexity index is 1420. The minimum Gasteiger partial charge on any atom is -0.455 e. The third-order valence-corrected chi connectivity index (χ3v) is 8.30. The van der Waals surface area contributed by atoms with Crippen LogP contribution in [0.1, 0.15) is 58.9 Å². The molecule has 3 aromatic rings. The van der Waals surface area contributed by atoms with Gasteiger partial charge < -0.3 is 4.74 Å². The fourth-order valence-corrected chi connectivity index (χ4v) is 5.96. The second kappa shape index (κ2) is 12.3. The summed E-state index contributed by atoms with van der Waals surface area (Å²) in [4.78, 5) is 38.5. The predicted molar refractivity (Wildman–Crippen MR) is 154 cm³/mol. The van der Waals surface area contributed by atoms with Crippen LogP contribution in [-0.2, 0) is 14.3 Å². The van der Waals surface area contributed by atoms with Gasteiger partial charge >= 0.3 is 5.97 Å². The van der Waals surface area contributed by atoms with E-state index in [1.165, 1.54) is 16.3 Å². The topological polar surface area (TPSA) is 76.0 Å². The molecule has 0 saturated heterocycles. The molecule has 6 nitrogen and oxygen atoms in total. The molecule has 1 fully saturated rings. The van der Waals surface area contributed by atoms with Gasteiger partial charge in [0.1, 0.15) is 0 Å². The van der Waals surface area contributed by atoms with Crippen LogP contribution in [0.3, 0.4) is 0 Å². The number of rotatable bonds is 8. The fourth-order valence-electron chi connectivity index (χ4n) is 5.02. The average Bonchev–Trinajstić information content (AvgIpc) is 3.61. The number of halogens is 2. The first kappa shape index (κ1) is 27.3. The number of hydrazone groups is 1. The molecule has 1 aliphatic carbocycles. The lowest BCUT2D eigenvalue weighted by atomic mass is 9.77. The van der Waals surface area contributed by atoms with Crippen LogP contribution in [0.15, 0.2) is 76.7 Å². The molecule has 5 rings (SSSR count). The third kappa shape index (κ3) is 6.49. The second-order valence-electron chi connectivity index (χ2n) is 9.50. The monoisotopic (exact) mass is 580 g/mol. The summed E-state index contributed by atoms with van der Waals surface area (Å²) < 4.78 is 5.28. The zero-order valence-corrected chi connectivity index (χ0v) is 23.3. The van der Waals surface area contributed by atoms with Crippen LogP contribution in [0.4, 0.5) is 0 Å². The van der Waals surface area contributed by atoms with Gasteiger partial charge in [-0.05, 0) is 77.8 Å². The molecule has 1 amide bonds. The number of nitrogens with zero attached hydrogens (tertiary/aromatic N) is 2. The van der Waals surface area contributed by atoms with Crippen molar-refractivity contribution in [1.82, 2.24) is 5.01 Å². The second-order valence-corrected chi connectivity index (χ2v) is 11.3. The molecule has 0 spiro atoms. The molecule has 200 valence electrons. The van der Waals surface area contributed by atoms with Crippen molar-refractivity contribution in [3.05, 3.63) is 97.7 Å². The summed E-state index contributed by atoms with van der Waals surface area (Å²) in [6, 6.07) is 18.2. The molecule has 2 aliphatic rings. The summed E-state index contributed by atoms with van der Waals surface area (Å²) in [7, 11) is 0. The van der Waals surface area contributed by atoms with Gasteiger partial charge in [0.2, 0.25) is 0 Å². The van der Waals surface area contributed by atoms with Crippen LogP contribution in [0.2, 0.25) is 10.0 Å². The smallest absolute Gasteiger partial charge is 0.306 e. The van der Waals surface area contributed by atoms with Crippen molar-refractivity contribution in [3.63, 3.8) is 0 Å². The van der Waals surface area contributed by atoms with E-state index in [-0.39, 0.29) is 30.6 Å². The number of amides is 1. The first-order chi connectivity index (χ1) is 18.9. The maximum Gasteiger partial charge on any atom is 0.306 e. The van der Waals surface area contributed by atoms with Gasteiger partial charge in [-0.15, -0.1) is 11.3 Å². The quantitative estimate of drug-likeness (QED) is 0.205. The van der Waals surface area contributed by atoms with Crippen LogP contribution < -0.4 is 0 Å². The highest BCUT2D eigenvalue weighted by Crippen LogP contribution is 2.44. The zero-order chi connectivity index (χ0) is 27.4. The molecule has 2 heterocycles. The normalized spacial score (nSPS) is 19.5. The lowest BCUT2D eigenvalue weighted by molar-refractivity contribution is -0.153. The molecule has 1 aromatic heterocycles. The Balaban J connectivity index is 1.33. The van der Waals surface area contributed by atoms with Gasteiger partial charge in [-0.1, -0.05) is 53.5 Å². The molecule has 2 aromatic carbocycles. The maximum absolute atomic E-state index is 13.4. The van der Waals surface area contributed by atoms with Crippen LogP contribution in [0.25, 0.3) is 6.08 Å². The summed E-state index contributed by atoms with van der Waals surface area (Å²) in [5, 5.41) is 9.34. The first-order valence-corrected chi connectivity index (χ1v) is 14.4. The van der Waals surface area contributed by atoms with E-state index in [0.717, 1.165) is 41.7 Å². The average molecular weight is 582 g/mol. The summed E-state index contributed by atoms with van der Waals surface area (Å²) in [5.74, 6) is -1.13. The van der Waals surface area contributed by atoms with Gasteiger partial charge in [0.25, 0.3) is 5.91 Å². The number of Topliss-reactive ketones (excluding diaryl/α,β-unsaturated/α-hetero) is 1. The Kier molecular flexibility index (Phi) is 8.60. The molecule has 2 atom stereocenters. The van der Waals surface area contributed by atoms with Gasteiger partial charge in [0, 0.05) is 22.4 Å². The Hall–Kier alpha value is -3.26. The minimum atomic E-state index is -0.594. The lowest BCUT2D eigenvalue weighted by Crippen LogP contribution is -2.34. The van der Waals surface area contributed by atoms with Gasteiger partial charge in [0.05, 0.1) is 23.1 Å². The van der Waals surface area contributed by atoms with Crippen molar-refractivity contribution in [2.75, 3.05) is 6.61 Å². The molecule has 0 radical (unpaired) electrons. The van der Waals surface area contributed by atoms with E-state index >= 15 is 0 Å². The molecule has 9 heteroatoms. The number of hydrogen-bond acceptors (Lipinski definition) is 6. The van der Waals surface area contributed by atoms with E-state index in [9.17, 15) is 14.4 Å². The number of fused-ring (bicyclic) bond motifs is 1. The Morgan fingerprint density at radius 1 is 1.00 bits per heavy atom. The highest BCUT2D eigenvalue weighted by atomic mass is 35.5. The van der Waals surface area contributed by atoms with E-state index in [1.807, 2.05) is 41.8 Å². The number of thiophene rings is 1. The van der Waals surface area contributed by atoms with Crippen molar-refractivity contribution in [3.8, 4) is 0 Å². The van der Waals surface area contributed by atoms with E-state index in [4.69, 9.17) is 33.0 Å². The largest absolute Gasteiger partial charge is 0.455 e. The van der Waals surface area contributed by atoms with Crippen LogP contribution in [0.5, 0.6) is 0 Å².